The minimum Gasteiger partial charge on any atom is -0.399 e. The Morgan fingerprint density at radius 1 is 1.13 bits per heavy atom. The number of nitrogen functional groups attached to an aromatic ring is 2. The van der Waals surface area contributed by atoms with Gasteiger partial charge in [-0.2, -0.15) is 0 Å². The van der Waals surface area contributed by atoms with Crippen molar-refractivity contribution in [3.63, 3.8) is 0 Å². The topological polar surface area (TPSA) is 114 Å². The number of nitrogens with one attached hydrogen (secondary N) is 2. The number of ether oxygens (including phenoxy) is 1. The van der Waals surface area contributed by atoms with Crippen LogP contribution in [0, 0.1) is 11.2 Å². The molecule has 1 amide bonds. The highest BCUT2D eigenvalue weighted by atomic mass is 19.1. The standard InChI is InChI=1S/C23H23FN4O2/c1-30-21(23(29)28-13-14-8-10-15(11-9-14)22(26)27)20-18(6-3-7-19(20)24)16-4-2-5-17(25)12-16/h2-12,21H,13,25H2,1H3,(H3,26,27)(H,28,29). The molecule has 0 aliphatic carbocycles. The molecule has 0 aliphatic rings. The maximum atomic E-state index is 14.8. The van der Waals surface area contributed by atoms with Crippen molar-refractivity contribution in [1.82, 2.24) is 5.32 Å². The zero-order valence-electron chi connectivity index (χ0n) is 16.5. The van der Waals surface area contributed by atoms with Gasteiger partial charge >= 0.3 is 0 Å². The number of amidine groups is 1. The zero-order chi connectivity index (χ0) is 21.7. The molecule has 0 saturated carbocycles. The average Bonchev–Trinajstić information content (AvgIpc) is 2.74. The SMILES string of the molecule is COC(C(=O)NCc1ccc(C(=N)N)cc1)c1c(F)cccc1-c1cccc(N)c1. The lowest BCUT2D eigenvalue weighted by atomic mass is 9.94. The van der Waals surface area contributed by atoms with Gasteiger partial charge in [0.15, 0.2) is 6.10 Å². The third kappa shape index (κ3) is 4.64. The van der Waals surface area contributed by atoms with E-state index >= 15 is 0 Å². The molecule has 6 N–H and O–H groups in total. The van der Waals surface area contributed by atoms with Crippen molar-refractivity contribution in [2.24, 2.45) is 5.73 Å². The van der Waals surface area contributed by atoms with Gasteiger partial charge in [0.05, 0.1) is 0 Å². The lowest BCUT2D eigenvalue weighted by molar-refractivity contribution is -0.131. The van der Waals surface area contributed by atoms with E-state index in [4.69, 9.17) is 21.6 Å². The van der Waals surface area contributed by atoms with Crippen molar-refractivity contribution in [3.8, 4) is 11.1 Å². The Kier molecular flexibility index (Phi) is 6.44. The summed E-state index contributed by atoms with van der Waals surface area (Å²) in [6.45, 7) is 0.221. The summed E-state index contributed by atoms with van der Waals surface area (Å²) in [5.74, 6) is -1.04. The Morgan fingerprint density at radius 3 is 2.47 bits per heavy atom. The summed E-state index contributed by atoms with van der Waals surface area (Å²) < 4.78 is 20.2. The number of hydrogen-bond donors (Lipinski definition) is 4. The maximum Gasteiger partial charge on any atom is 0.254 e. The van der Waals surface area contributed by atoms with Crippen LogP contribution in [0.3, 0.4) is 0 Å². The molecule has 0 aromatic heterocycles. The van der Waals surface area contributed by atoms with Crippen LogP contribution in [0.15, 0.2) is 66.7 Å². The number of benzene rings is 3. The molecule has 154 valence electrons. The summed E-state index contributed by atoms with van der Waals surface area (Å²) in [5, 5.41) is 10.2. The third-order valence-electron chi connectivity index (χ3n) is 4.72. The van der Waals surface area contributed by atoms with Crippen LogP contribution in [-0.4, -0.2) is 18.9 Å². The summed E-state index contributed by atoms with van der Waals surface area (Å²) in [5.41, 5.74) is 14.6. The number of carbonyl (C=O) groups excluding carboxylic acids is 1. The number of methoxy groups -OCH3 is 1. The number of anilines is 1. The van der Waals surface area contributed by atoms with Gasteiger partial charge < -0.3 is 21.5 Å². The first kappa shape index (κ1) is 21.0. The smallest absolute Gasteiger partial charge is 0.254 e. The number of rotatable bonds is 7. The van der Waals surface area contributed by atoms with Crippen LogP contribution >= 0.6 is 0 Å². The van der Waals surface area contributed by atoms with Crippen molar-refractivity contribution in [3.05, 3.63) is 89.2 Å². The molecule has 0 spiro atoms. The van der Waals surface area contributed by atoms with E-state index < -0.39 is 17.8 Å². The first-order chi connectivity index (χ1) is 14.4. The summed E-state index contributed by atoms with van der Waals surface area (Å²) in [4.78, 5) is 12.8. The molecule has 6 nitrogen and oxygen atoms in total. The summed E-state index contributed by atoms with van der Waals surface area (Å²) in [6.07, 6.45) is -1.14. The molecule has 3 aromatic carbocycles. The lowest BCUT2D eigenvalue weighted by Crippen LogP contribution is -2.31. The first-order valence-corrected chi connectivity index (χ1v) is 9.29. The number of carbonyl (C=O) groups is 1. The fraction of sp³-hybridized carbons (Fsp3) is 0.130. The maximum absolute atomic E-state index is 14.8. The van der Waals surface area contributed by atoms with Gasteiger partial charge in [0.1, 0.15) is 11.7 Å². The highest BCUT2D eigenvalue weighted by Crippen LogP contribution is 2.33. The van der Waals surface area contributed by atoms with Crippen molar-refractivity contribution in [1.29, 1.82) is 5.41 Å². The first-order valence-electron chi connectivity index (χ1n) is 9.29. The molecule has 3 aromatic rings. The minimum absolute atomic E-state index is 0.0290. The molecule has 1 atom stereocenters. The number of hydrogen-bond acceptors (Lipinski definition) is 4. The van der Waals surface area contributed by atoms with E-state index in [2.05, 4.69) is 5.32 Å². The van der Waals surface area contributed by atoms with E-state index in [-0.39, 0.29) is 17.9 Å². The molecular formula is C23H23FN4O2. The molecule has 7 heteroatoms. The van der Waals surface area contributed by atoms with Gasteiger partial charge in [-0.1, -0.05) is 48.5 Å². The normalized spacial score (nSPS) is 11.7. The van der Waals surface area contributed by atoms with Gasteiger partial charge in [0, 0.05) is 30.5 Å². The Balaban J connectivity index is 1.85. The second kappa shape index (κ2) is 9.19. The Bertz CT molecular complexity index is 1070. The van der Waals surface area contributed by atoms with Crippen LogP contribution < -0.4 is 16.8 Å². The summed E-state index contributed by atoms with van der Waals surface area (Å²) in [6, 6.07) is 18.6. The molecule has 0 aliphatic heterocycles. The van der Waals surface area contributed by atoms with Crippen LogP contribution in [-0.2, 0) is 16.1 Å². The van der Waals surface area contributed by atoms with Gasteiger partial charge in [0.25, 0.3) is 5.91 Å². The van der Waals surface area contributed by atoms with E-state index in [1.54, 1.807) is 60.7 Å². The quantitative estimate of drug-likeness (QED) is 0.274. The van der Waals surface area contributed by atoms with Crippen LogP contribution in [0.1, 0.15) is 22.8 Å². The Hall–Kier alpha value is -3.71. The van der Waals surface area contributed by atoms with Crippen LogP contribution in [0.4, 0.5) is 10.1 Å². The van der Waals surface area contributed by atoms with E-state index in [0.29, 0.717) is 22.4 Å². The molecule has 0 radical (unpaired) electrons. The lowest BCUT2D eigenvalue weighted by Gasteiger charge is -2.20. The molecule has 0 bridgehead atoms. The molecule has 30 heavy (non-hydrogen) atoms. The molecule has 0 saturated heterocycles. The predicted molar refractivity (Wildman–Crippen MR) is 115 cm³/mol. The fourth-order valence-corrected chi connectivity index (χ4v) is 3.20. The second-order valence-corrected chi connectivity index (χ2v) is 6.77. The Morgan fingerprint density at radius 2 is 1.83 bits per heavy atom. The molecule has 3 rings (SSSR count). The van der Waals surface area contributed by atoms with E-state index in [1.165, 1.54) is 13.2 Å². The Labute approximate surface area is 174 Å². The van der Waals surface area contributed by atoms with Crippen LogP contribution in [0.2, 0.25) is 0 Å². The van der Waals surface area contributed by atoms with Gasteiger partial charge in [-0.15, -0.1) is 0 Å². The van der Waals surface area contributed by atoms with Crippen molar-refractivity contribution < 1.29 is 13.9 Å². The molecular weight excluding hydrogens is 383 g/mol. The second-order valence-electron chi connectivity index (χ2n) is 6.77. The summed E-state index contributed by atoms with van der Waals surface area (Å²) in [7, 11) is 1.36. The van der Waals surface area contributed by atoms with Gasteiger partial charge in [-0.25, -0.2) is 4.39 Å². The fourth-order valence-electron chi connectivity index (χ4n) is 3.20. The predicted octanol–water partition coefficient (Wildman–Crippen LogP) is 3.36. The van der Waals surface area contributed by atoms with E-state index in [0.717, 1.165) is 5.56 Å². The van der Waals surface area contributed by atoms with Crippen molar-refractivity contribution in [2.75, 3.05) is 12.8 Å². The van der Waals surface area contributed by atoms with E-state index in [9.17, 15) is 9.18 Å². The van der Waals surface area contributed by atoms with Gasteiger partial charge in [-0.3, -0.25) is 10.2 Å². The minimum atomic E-state index is -1.14. The average molecular weight is 406 g/mol. The zero-order valence-corrected chi connectivity index (χ0v) is 16.5. The van der Waals surface area contributed by atoms with Crippen molar-refractivity contribution in [2.45, 2.75) is 12.6 Å². The molecule has 1 unspecified atom stereocenters. The number of halogens is 1. The van der Waals surface area contributed by atoms with Crippen molar-refractivity contribution >= 4 is 17.4 Å². The number of nitrogens with two attached hydrogens (primary N) is 2. The largest absolute Gasteiger partial charge is 0.399 e. The number of amides is 1. The monoisotopic (exact) mass is 406 g/mol. The van der Waals surface area contributed by atoms with Crippen LogP contribution in [0.25, 0.3) is 11.1 Å². The third-order valence-corrected chi connectivity index (χ3v) is 4.72. The molecule has 0 heterocycles. The van der Waals surface area contributed by atoms with Crippen LogP contribution in [0.5, 0.6) is 0 Å². The highest BCUT2D eigenvalue weighted by molar-refractivity contribution is 5.94. The highest BCUT2D eigenvalue weighted by Gasteiger charge is 2.26. The van der Waals surface area contributed by atoms with Gasteiger partial charge in [-0.05, 0) is 34.9 Å². The van der Waals surface area contributed by atoms with E-state index in [1.807, 2.05) is 0 Å². The summed E-state index contributed by atoms with van der Waals surface area (Å²) >= 11 is 0. The van der Waals surface area contributed by atoms with Gasteiger partial charge in [0.2, 0.25) is 0 Å². The molecule has 0 fully saturated rings.